The van der Waals surface area contributed by atoms with Crippen LogP contribution in [0.1, 0.15) is 11.8 Å². The fourth-order valence-electron chi connectivity index (χ4n) is 1.29. The lowest BCUT2D eigenvalue weighted by atomic mass is 10.3. The Morgan fingerprint density at radius 2 is 2.31 bits per heavy atom. The summed E-state index contributed by atoms with van der Waals surface area (Å²) in [7, 11) is 0. The Balaban J connectivity index is 2.57. The molecule has 2 aromatic rings. The van der Waals surface area contributed by atoms with Crippen LogP contribution in [0.4, 0.5) is 0 Å². The van der Waals surface area contributed by atoms with Crippen molar-refractivity contribution in [1.29, 1.82) is 0 Å². The van der Waals surface area contributed by atoms with Crippen molar-refractivity contribution in [3.05, 3.63) is 36.3 Å². The second-order valence-corrected chi connectivity index (χ2v) is 2.81. The van der Waals surface area contributed by atoms with Gasteiger partial charge in [-0.15, -0.1) is 0 Å². The molecule has 2 heterocycles. The van der Waals surface area contributed by atoms with Crippen molar-refractivity contribution in [2.75, 3.05) is 6.61 Å². The van der Waals surface area contributed by atoms with Crippen LogP contribution in [0.2, 0.25) is 0 Å². The van der Waals surface area contributed by atoms with Gasteiger partial charge >= 0.3 is 0 Å². The summed E-state index contributed by atoms with van der Waals surface area (Å²) >= 11 is 0. The molecule has 13 heavy (non-hydrogen) atoms. The molecule has 1 atom stereocenters. The van der Waals surface area contributed by atoms with Crippen molar-refractivity contribution in [1.82, 2.24) is 9.38 Å². The quantitative estimate of drug-likeness (QED) is 0.698. The number of hydrogen-bond donors (Lipinski definition) is 2. The van der Waals surface area contributed by atoms with Crippen LogP contribution in [0.15, 0.2) is 30.6 Å². The van der Waals surface area contributed by atoms with Crippen LogP contribution in [0, 0.1) is 0 Å². The average molecular weight is 178 g/mol. The van der Waals surface area contributed by atoms with Crippen LogP contribution in [0.3, 0.4) is 0 Å². The first-order valence-corrected chi connectivity index (χ1v) is 4.04. The first-order valence-electron chi connectivity index (χ1n) is 4.04. The zero-order chi connectivity index (χ0) is 9.26. The number of rotatable bonds is 2. The third-order valence-corrected chi connectivity index (χ3v) is 1.96. The van der Waals surface area contributed by atoms with E-state index in [1.54, 1.807) is 16.8 Å². The highest BCUT2D eigenvalue weighted by Gasteiger charge is 2.10. The molecule has 0 saturated heterocycles. The van der Waals surface area contributed by atoms with Crippen LogP contribution >= 0.6 is 0 Å². The maximum Gasteiger partial charge on any atom is 0.136 e. The van der Waals surface area contributed by atoms with Gasteiger partial charge < -0.3 is 14.6 Å². The standard InChI is InChI=1S/C9H10N2O2/c12-6-8(13)7-5-10-9-3-1-2-4-11(7)9/h1-5,8,12-13H,6H2. The number of aliphatic hydroxyl groups is 2. The fourth-order valence-corrected chi connectivity index (χ4v) is 1.29. The molecule has 68 valence electrons. The highest BCUT2D eigenvalue weighted by molar-refractivity contribution is 5.40. The monoisotopic (exact) mass is 178 g/mol. The third-order valence-electron chi connectivity index (χ3n) is 1.96. The maximum absolute atomic E-state index is 9.41. The molecule has 0 aliphatic carbocycles. The summed E-state index contributed by atoms with van der Waals surface area (Å²) in [6, 6.07) is 5.56. The number of imidazole rings is 1. The second kappa shape index (κ2) is 3.16. The molecule has 0 aromatic carbocycles. The van der Waals surface area contributed by atoms with E-state index in [0.717, 1.165) is 5.65 Å². The number of fused-ring (bicyclic) bond motifs is 1. The van der Waals surface area contributed by atoms with Gasteiger partial charge in [0.2, 0.25) is 0 Å². The van der Waals surface area contributed by atoms with Gasteiger partial charge in [-0.1, -0.05) is 6.07 Å². The summed E-state index contributed by atoms with van der Waals surface area (Å²) in [6.45, 7) is -0.289. The number of nitrogens with zero attached hydrogens (tertiary/aromatic N) is 2. The molecule has 4 heteroatoms. The van der Waals surface area contributed by atoms with Crippen molar-refractivity contribution < 1.29 is 10.2 Å². The lowest BCUT2D eigenvalue weighted by molar-refractivity contribution is 0.0916. The predicted molar refractivity (Wildman–Crippen MR) is 47.2 cm³/mol. The average Bonchev–Trinajstić information content (AvgIpc) is 2.60. The van der Waals surface area contributed by atoms with E-state index in [2.05, 4.69) is 4.98 Å². The minimum Gasteiger partial charge on any atom is -0.393 e. The van der Waals surface area contributed by atoms with Gasteiger partial charge in [0.25, 0.3) is 0 Å². The van der Waals surface area contributed by atoms with E-state index in [0.29, 0.717) is 5.69 Å². The van der Waals surface area contributed by atoms with Crippen molar-refractivity contribution in [2.45, 2.75) is 6.10 Å². The first-order chi connectivity index (χ1) is 6.33. The zero-order valence-electron chi connectivity index (χ0n) is 6.96. The topological polar surface area (TPSA) is 57.8 Å². The lowest BCUT2D eigenvalue weighted by Gasteiger charge is -2.05. The van der Waals surface area contributed by atoms with Crippen LogP contribution in [0.5, 0.6) is 0 Å². The van der Waals surface area contributed by atoms with Gasteiger partial charge in [0.05, 0.1) is 18.5 Å². The third kappa shape index (κ3) is 1.30. The van der Waals surface area contributed by atoms with E-state index >= 15 is 0 Å². The minimum absolute atomic E-state index is 0.289. The normalized spacial score (nSPS) is 13.4. The van der Waals surface area contributed by atoms with E-state index in [-0.39, 0.29) is 6.61 Å². The Hall–Kier alpha value is -1.39. The lowest BCUT2D eigenvalue weighted by Crippen LogP contribution is -2.05. The van der Waals surface area contributed by atoms with Crippen molar-refractivity contribution in [2.24, 2.45) is 0 Å². The minimum atomic E-state index is -0.864. The second-order valence-electron chi connectivity index (χ2n) is 2.81. The molecular weight excluding hydrogens is 168 g/mol. The summed E-state index contributed by atoms with van der Waals surface area (Å²) < 4.78 is 1.75. The van der Waals surface area contributed by atoms with Gasteiger partial charge in [0, 0.05) is 6.20 Å². The predicted octanol–water partition coefficient (Wildman–Crippen LogP) is 0.360. The molecule has 0 radical (unpaired) electrons. The number of pyridine rings is 1. The first kappa shape index (κ1) is 8.22. The Bertz CT molecular complexity index is 411. The summed E-state index contributed by atoms with van der Waals surface area (Å²) in [6.07, 6.45) is 2.50. The zero-order valence-corrected chi connectivity index (χ0v) is 6.96. The number of aliphatic hydroxyl groups excluding tert-OH is 2. The molecule has 2 rings (SSSR count). The molecule has 0 saturated carbocycles. The summed E-state index contributed by atoms with van der Waals surface area (Å²) in [4.78, 5) is 4.08. The molecule has 0 aliphatic heterocycles. The van der Waals surface area contributed by atoms with Crippen molar-refractivity contribution in [3.63, 3.8) is 0 Å². The van der Waals surface area contributed by atoms with Crippen molar-refractivity contribution >= 4 is 5.65 Å². The molecule has 2 N–H and O–H groups in total. The van der Waals surface area contributed by atoms with E-state index < -0.39 is 6.10 Å². The largest absolute Gasteiger partial charge is 0.393 e. The molecule has 0 aliphatic rings. The fraction of sp³-hybridized carbons (Fsp3) is 0.222. The molecule has 1 unspecified atom stereocenters. The highest BCUT2D eigenvalue weighted by Crippen LogP contribution is 2.13. The van der Waals surface area contributed by atoms with Gasteiger partial charge in [0.15, 0.2) is 0 Å². The van der Waals surface area contributed by atoms with Gasteiger partial charge in [-0.2, -0.15) is 0 Å². The number of aromatic nitrogens is 2. The maximum atomic E-state index is 9.41. The van der Waals surface area contributed by atoms with Gasteiger partial charge in [-0.3, -0.25) is 0 Å². The van der Waals surface area contributed by atoms with Gasteiger partial charge in [-0.25, -0.2) is 4.98 Å². The van der Waals surface area contributed by atoms with Crippen LogP contribution in [-0.4, -0.2) is 26.2 Å². The van der Waals surface area contributed by atoms with Gasteiger partial charge in [-0.05, 0) is 12.1 Å². The summed E-state index contributed by atoms with van der Waals surface area (Å²) in [5.41, 5.74) is 1.38. The SMILES string of the molecule is OCC(O)c1cnc2ccccn12. The van der Waals surface area contributed by atoms with E-state index in [1.807, 2.05) is 18.2 Å². The van der Waals surface area contributed by atoms with Gasteiger partial charge in [0.1, 0.15) is 11.8 Å². The Morgan fingerprint density at radius 3 is 3.08 bits per heavy atom. The van der Waals surface area contributed by atoms with E-state index in [4.69, 9.17) is 5.11 Å². The number of hydrogen-bond acceptors (Lipinski definition) is 3. The summed E-state index contributed by atoms with van der Waals surface area (Å²) in [5, 5.41) is 18.2. The van der Waals surface area contributed by atoms with E-state index in [1.165, 1.54) is 0 Å². The smallest absolute Gasteiger partial charge is 0.136 e. The molecule has 0 fully saturated rings. The highest BCUT2D eigenvalue weighted by atomic mass is 16.3. The Kier molecular flexibility index (Phi) is 2.00. The van der Waals surface area contributed by atoms with Crippen molar-refractivity contribution in [3.8, 4) is 0 Å². The molecule has 4 nitrogen and oxygen atoms in total. The van der Waals surface area contributed by atoms with Crippen LogP contribution in [-0.2, 0) is 0 Å². The molecule has 0 bridgehead atoms. The van der Waals surface area contributed by atoms with E-state index in [9.17, 15) is 5.11 Å². The van der Waals surface area contributed by atoms with Crippen LogP contribution < -0.4 is 0 Å². The Labute approximate surface area is 75.1 Å². The molecule has 0 spiro atoms. The summed E-state index contributed by atoms with van der Waals surface area (Å²) in [5.74, 6) is 0. The van der Waals surface area contributed by atoms with Crippen LogP contribution in [0.25, 0.3) is 5.65 Å². The molecule has 0 amide bonds. The Morgan fingerprint density at radius 1 is 1.46 bits per heavy atom. The molecule has 2 aromatic heterocycles. The molecular formula is C9H10N2O2.